The predicted molar refractivity (Wildman–Crippen MR) is 89.8 cm³/mol. The molecule has 0 bridgehead atoms. The summed E-state index contributed by atoms with van der Waals surface area (Å²) in [6.07, 6.45) is 0.441. The van der Waals surface area contributed by atoms with Crippen molar-refractivity contribution in [2.45, 2.75) is 32.7 Å². The Kier molecular flexibility index (Phi) is 4.83. The Morgan fingerprint density at radius 3 is 2.09 bits per heavy atom. The van der Waals surface area contributed by atoms with E-state index in [1.807, 2.05) is 62.4 Å². The molecule has 2 aromatic carbocycles. The van der Waals surface area contributed by atoms with Gasteiger partial charge in [-0.25, -0.2) is 0 Å². The summed E-state index contributed by atoms with van der Waals surface area (Å²) in [5.41, 5.74) is 1.35. The first kappa shape index (κ1) is 16.0. The molecule has 2 rings (SSSR count). The van der Waals surface area contributed by atoms with Crippen molar-refractivity contribution in [1.82, 2.24) is 0 Å². The number of anilines is 1. The minimum Gasteiger partial charge on any atom is -0.618 e. The highest BCUT2D eigenvalue weighted by atomic mass is 16.5. The standard InChI is InChI=1S/C18H22N2O2/c1-15(19(21)16-10-6-4-7-11-16)14-18(2,3)20(22)17-12-8-5-9-13-17/h4-13,22H,14H2,1-3H3. The van der Waals surface area contributed by atoms with Gasteiger partial charge in [-0.2, -0.15) is 4.74 Å². The normalized spacial score (nSPS) is 12.7. The first-order valence-corrected chi connectivity index (χ1v) is 7.31. The van der Waals surface area contributed by atoms with Gasteiger partial charge in [0.05, 0.1) is 17.6 Å². The fourth-order valence-corrected chi connectivity index (χ4v) is 2.48. The average molecular weight is 298 g/mol. The Morgan fingerprint density at radius 2 is 1.55 bits per heavy atom. The number of nitrogens with zero attached hydrogens (tertiary/aromatic N) is 2. The monoisotopic (exact) mass is 298 g/mol. The van der Waals surface area contributed by atoms with Crippen molar-refractivity contribution in [1.29, 1.82) is 0 Å². The lowest BCUT2D eigenvalue weighted by atomic mass is 9.96. The lowest BCUT2D eigenvalue weighted by Crippen LogP contribution is -2.43. The number of rotatable bonds is 5. The highest BCUT2D eigenvalue weighted by Crippen LogP contribution is 2.25. The van der Waals surface area contributed by atoms with E-state index in [1.165, 1.54) is 5.06 Å². The molecule has 1 N–H and O–H groups in total. The van der Waals surface area contributed by atoms with Crippen LogP contribution in [0.3, 0.4) is 0 Å². The number of hydrogen-bond acceptors (Lipinski definition) is 3. The second-order valence-electron chi connectivity index (χ2n) is 6.00. The maximum absolute atomic E-state index is 12.4. The Hall–Kier alpha value is -2.33. The summed E-state index contributed by atoms with van der Waals surface area (Å²) in [6, 6.07) is 18.4. The highest BCUT2D eigenvalue weighted by Gasteiger charge is 2.29. The van der Waals surface area contributed by atoms with Crippen LogP contribution < -0.4 is 5.06 Å². The Morgan fingerprint density at radius 1 is 1.05 bits per heavy atom. The maximum Gasteiger partial charge on any atom is 0.216 e. The van der Waals surface area contributed by atoms with Gasteiger partial charge in [0, 0.05) is 19.1 Å². The van der Waals surface area contributed by atoms with E-state index in [2.05, 4.69) is 0 Å². The number of benzene rings is 2. The summed E-state index contributed by atoms with van der Waals surface area (Å²) >= 11 is 0. The third-order valence-corrected chi connectivity index (χ3v) is 3.60. The van der Waals surface area contributed by atoms with Crippen LogP contribution >= 0.6 is 0 Å². The van der Waals surface area contributed by atoms with Crippen LogP contribution in [0.4, 0.5) is 11.4 Å². The molecule has 0 radical (unpaired) electrons. The minimum atomic E-state index is -0.594. The fourth-order valence-electron chi connectivity index (χ4n) is 2.48. The number of hydroxylamine groups is 1. The molecule has 0 saturated heterocycles. The summed E-state index contributed by atoms with van der Waals surface area (Å²) in [6.45, 7) is 5.60. The number of para-hydroxylation sites is 2. The summed E-state index contributed by atoms with van der Waals surface area (Å²) in [4.78, 5) is 0. The molecule has 0 amide bonds. The van der Waals surface area contributed by atoms with Crippen LogP contribution in [0.5, 0.6) is 0 Å². The van der Waals surface area contributed by atoms with Crippen LogP contribution in [0.2, 0.25) is 0 Å². The molecule has 0 spiro atoms. The van der Waals surface area contributed by atoms with Gasteiger partial charge in [-0.15, -0.1) is 0 Å². The summed E-state index contributed by atoms with van der Waals surface area (Å²) in [5.74, 6) is 0. The van der Waals surface area contributed by atoms with E-state index >= 15 is 0 Å². The molecular formula is C18H22N2O2. The average Bonchev–Trinajstić information content (AvgIpc) is 2.54. The molecule has 2 aromatic rings. The summed E-state index contributed by atoms with van der Waals surface area (Å²) in [7, 11) is 0. The van der Waals surface area contributed by atoms with Crippen molar-refractivity contribution >= 4 is 17.1 Å². The molecule has 116 valence electrons. The highest BCUT2D eigenvalue weighted by molar-refractivity contribution is 5.80. The SMILES string of the molecule is CC(CC(C)(C)N(O)c1ccccc1)=[N+]([O-])c1ccccc1. The quantitative estimate of drug-likeness (QED) is 0.386. The van der Waals surface area contributed by atoms with Crippen molar-refractivity contribution in [2.24, 2.45) is 0 Å². The van der Waals surface area contributed by atoms with Crippen molar-refractivity contribution in [3.8, 4) is 0 Å². The van der Waals surface area contributed by atoms with E-state index in [0.717, 1.165) is 4.74 Å². The molecule has 0 heterocycles. The predicted octanol–water partition coefficient (Wildman–Crippen LogP) is 4.35. The Balaban J connectivity index is 2.21. The third-order valence-electron chi connectivity index (χ3n) is 3.60. The zero-order valence-electron chi connectivity index (χ0n) is 13.2. The van der Waals surface area contributed by atoms with E-state index in [-0.39, 0.29) is 0 Å². The van der Waals surface area contributed by atoms with Crippen molar-refractivity contribution < 1.29 is 9.95 Å². The van der Waals surface area contributed by atoms with Crippen molar-refractivity contribution in [3.63, 3.8) is 0 Å². The molecule has 0 fully saturated rings. The van der Waals surface area contributed by atoms with Crippen molar-refractivity contribution in [3.05, 3.63) is 65.9 Å². The molecule has 0 aromatic heterocycles. The van der Waals surface area contributed by atoms with Gasteiger partial charge in [0.25, 0.3) is 0 Å². The first-order chi connectivity index (χ1) is 10.4. The lowest BCUT2D eigenvalue weighted by Gasteiger charge is -2.34. The first-order valence-electron chi connectivity index (χ1n) is 7.31. The van der Waals surface area contributed by atoms with Gasteiger partial charge in [0.2, 0.25) is 5.69 Å². The maximum atomic E-state index is 12.4. The van der Waals surface area contributed by atoms with Gasteiger partial charge in [0.15, 0.2) is 5.71 Å². The smallest absolute Gasteiger partial charge is 0.216 e. The van der Waals surface area contributed by atoms with Crippen LogP contribution in [0.25, 0.3) is 0 Å². The molecule has 0 unspecified atom stereocenters. The van der Waals surface area contributed by atoms with E-state index < -0.39 is 5.54 Å². The Bertz CT molecular complexity index is 637. The van der Waals surface area contributed by atoms with Gasteiger partial charge in [-0.1, -0.05) is 36.4 Å². The van der Waals surface area contributed by atoms with Crippen LogP contribution in [0, 0.1) is 5.21 Å². The van der Waals surface area contributed by atoms with E-state index in [4.69, 9.17) is 0 Å². The topological polar surface area (TPSA) is 49.5 Å². The molecule has 0 atom stereocenters. The van der Waals surface area contributed by atoms with Gasteiger partial charge in [-0.05, 0) is 26.0 Å². The number of hydrogen-bond donors (Lipinski definition) is 1. The van der Waals surface area contributed by atoms with Gasteiger partial charge >= 0.3 is 0 Å². The van der Waals surface area contributed by atoms with E-state index in [1.54, 1.807) is 19.1 Å². The van der Waals surface area contributed by atoms with Crippen LogP contribution in [0.15, 0.2) is 60.7 Å². The molecule has 22 heavy (non-hydrogen) atoms. The van der Waals surface area contributed by atoms with Gasteiger partial charge in [-0.3, -0.25) is 10.3 Å². The fraction of sp³-hybridized carbons (Fsp3) is 0.278. The van der Waals surface area contributed by atoms with Crippen LogP contribution in [-0.2, 0) is 0 Å². The summed E-state index contributed by atoms with van der Waals surface area (Å²) in [5, 5.41) is 24.0. The zero-order chi connectivity index (χ0) is 16.2. The molecule has 0 saturated carbocycles. The van der Waals surface area contributed by atoms with Crippen LogP contribution in [-0.4, -0.2) is 21.2 Å². The minimum absolute atomic E-state index is 0.441. The second kappa shape index (κ2) is 6.62. The largest absolute Gasteiger partial charge is 0.618 e. The third kappa shape index (κ3) is 3.65. The van der Waals surface area contributed by atoms with Gasteiger partial charge < -0.3 is 5.21 Å². The molecule has 4 heteroatoms. The molecule has 4 nitrogen and oxygen atoms in total. The zero-order valence-corrected chi connectivity index (χ0v) is 13.2. The Labute approximate surface area is 131 Å². The van der Waals surface area contributed by atoms with Crippen LogP contribution in [0.1, 0.15) is 27.2 Å². The molecule has 0 aliphatic rings. The molecule has 0 aliphatic heterocycles. The molecule has 0 aliphatic carbocycles. The lowest BCUT2D eigenvalue weighted by molar-refractivity contribution is -0.363. The second-order valence-corrected chi connectivity index (χ2v) is 6.00. The van der Waals surface area contributed by atoms with Gasteiger partial charge in [0.1, 0.15) is 0 Å². The van der Waals surface area contributed by atoms with E-state index in [0.29, 0.717) is 23.5 Å². The molecular weight excluding hydrogens is 276 g/mol. The van der Waals surface area contributed by atoms with Crippen molar-refractivity contribution in [2.75, 3.05) is 5.06 Å². The van der Waals surface area contributed by atoms with E-state index in [9.17, 15) is 10.4 Å². The summed E-state index contributed by atoms with van der Waals surface area (Å²) < 4.78 is 0.917.